The Morgan fingerprint density at radius 2 is 2.05 bits per heavy atom. The molecule has 3 nitrogen and oxygen atoms in total. The molecular weight excluding hydrogens is 267 g/mol. The molecule has 3 rings (SSSR count). The minimum Gasteiger partial charge on any atom is -0.366 e. The Labute approximate surface area is 121 Å². The van der Waals surface area contributed by atoms with Crippen molar-refractivity contribution in [2.45, 2.75) is 13.5 Å². The van der Waals surface area contributed by atoms with Gasteiger partial charge < -0.3 is 10.3 Å². The molecule has 0 unspecified atom stereocenters. The molecular formula is C17H15FN2O. The number of carbonyl (C=O) groups is 1. The van der Waals surface area contributed by atoms with Gasteiger partial charge >= 0.3 is 0 Å². The zero-order valence-corrected chi connectivity index (χ0v) is 11.6. The first kappa shape index (κ1) is 13.4. The molecule has 1 heterocycles. The number of aromatic nitrogens is 1. The number of amides is 1. The van der Waals surface area contributed by atoms with Gasteiger partial charge in [0.05, 0.1) is 5.52 Å². The SMILES string of the molecule is Cc1cc(C(N)=O)ccc1Cn1ccc2c(F)cccc21. The minimum atomic E-state index is -0.432. The number of hydrogen-bond acceptors (Lipinski definition) is 1. The second-order valence-electron chi connectivity index (χ2n) is 5.12. The Bertz CT molecular complexity index is 836. The van der Waals surface area contributed by atoms with Gasteiger partial charge in [0.15, 0.2) is 0 Å². The lowest BCUT2D eigenvalue weighted by Gasteiger charge is -2.10. The maximum atomic E-state index is 13.7. The molecule has 1 amide bonds. The van der Waals surface area contributed by atoms with E-state index in [1.165, 1.54) is 6.07 Å². The number of halogens is 1. The summed E-state index contributed by atoms with van der Waals surface area (Å²) < 4.78 is 15.7. The molecule has 0 atom stereocenters. The van der Waals surface area contributed by atoms with E-state index in [4.69, 9.17) is 5.73 Å². The highest BCUT2D eigenvalue weighted by atomic mass is 19.1. The third-order valence-electron chi connectivity index (χ3n) is 3.73. The van der Waals surface area contributed by atoms with Crippen molar-refractivity contribution in [1.29, 1.82) is 0 Å². The molecule has 0 aliphatic heterocycles. The summed E-state index contributed by atoms with van der Waals surface area (Å²) >= 11 is 0. The number of rotatable bonds is 3. The van der Waals surface area contributed by atoms with Gasteiger partial charge in [-0.3, -0.25) is 4.79 Å². The van der Waals surface area contributed by atoms with E-state index in [1.54, 1.807) is 24.3 Å². The molecule has 2 N–H and O–H groups in total. The molecule has 0 bridgehead atoms. The third-order valence-corrected chi connectivity index (χ3v) is 3.73. The first-order valence-corrected chi connectivity index (χ1v) is 6.69. The maximum Gasteiger partial charge on any atom is 0.248 e. The molecule has 0 aliphatic rings. The Hall–Kier alpha value is -2.62. The lowest BCUT2D eigenvalue weighted by atomic mass is 10.0. The summed E-state index contributed by atoms with van der Waals surface area (Å²) in [6.07, 6.45) is 1.87. The summed E-state index contributed by atoms with van der Waals surface area (Å²) in [7, 11) is 0. The van der Waals surface area contributed by atoms with Crippen molar-refractivity contribution in [2.75, 3.05) is 0 Å². The Morgan fingerprint density at radius 3 is 2.76 bits per heavy atom. The average Bonchev–Trinajstić information content (AvgIpc) is 2.85. The van der Waals surface area contributed by atoms with Crippen LogP contribution in [0.3, 0.4) is 0 Å². The lowest BCUT2D eigenvalue weighted by Crippen LogP contribution is -2.11. The maximum absolute atomic E-state index is 13.7. The number of nitrogens with two attached hydrogens (primary N) is 1. The second kappa shape index (κ2) is 5.05. The van der Waals surface area contributed by atoms with Crippen molar-refractivity contribution >= 4 is 16.8 Å². The van der Waals surface area contributed by atoms with Gasteiger partial charge in [0.25, 0.3) is 0 Å². The predicted molar refractivity (Wildman–Crippen MR) is 80.7 cm³/mol. The molecule has 106 valence electrons. The van der Waals surface area contributed by atoms with Crippen LogP contribution in [0.1, 0.15) is 21.5 Å². The van der Waals surface area contributed by atoms with Crippen molar-refractivity contribution in [3.8, 4) is 0 Å². The summed E-state index contributed by atoms with van der Waals surface area (Å²) in [5.41, 5.74) is 8.69. The van der Waals surface area contributed by atoms with Crippen LogP contribution < -0.4 is 5.73 Å². The van der Waals surface area contributed by atoms with Crippen LogP contribution in [0.4, 0.5) is 4.39 Å². The van der Waals surface area contributed by atoms with Crippen LogP contribution >= 0.6 is 0 Å². The van der Waals surface area contributed by atoms with Crippen LogP contribution in [0, 0.1) is 12.7 Å². The number of fused-ring (bicyclic) bond motifs is 1. The molecule has 1 aromatic heterocycles. The lowest BCUT2D eigenvalue weighted by molar-refractivity contribution is 0.1000. The van der Waals surface area contributed by atoms with Gasteiger partial charge in [-0.25, -0.2) is 4.39 Å². The molecule has 0 aliphatic carbocycles. The second-order valence-corrected chi connectivity index (χ2v) is 5.12. The van der Waals surface area contributed by atoms with E-state index in [0.717, 1.165) is 16.6 Å². The molecule has 2 aromatic carbocycles. The fraction of sp³-hybridized carbons (Fsp3) is 0.118. The highest BCUT2D eigenvalue weighted by molar-refractivity contribution is 5.93. The summed E-state index contributed by atoms with van der Waals surface area (Å²) in [6, 6.07) is 12.2. The van der Waals surface area contributed by atoms with Crippen LogP contribution in [0.25, 0.3) is 10.9 Å². The number of benzene rings is 2. The summed E-state index contributed by atoms with van der Waals surface area (Å²) in [6.45, 7) is 2.56. The van der Waals surface area contributed by atoms with Crippen molar-refractivity contribution < 1.29 is 9.18 Å². The van der Waals surface area contributed by atoms with Crippen molar-refractivity contribution in [3.63, 3.8) is 0 Å². The molecule has 0 radical (unpaired) electrons. The minimum absolute atomic E-state index is 0.216. The molecule has 21 heavy (non-hydrogen) atoms. The van der Waals surface area contributed by atoms with Gasteiger partial charge in [0, 0.05) is 23.7 Å². The van der Waals surface area contributed by atoms with Crippen LogP contribution in [0.5, 0.6) is 0 Å². The molecule has 0 spiro atoms. The average molecular weight is 282 g/mol. The molecule has 4 heteroatoms. The summed E-state index contributed by atoms with van der Waals surface area (Å²) in [4.78, 5) is 11.2. The predicted octanol–water partition coefficient (Wildman–Crippen LogP) is 3.24. The fourth-order valence-electron chi connectivity index (χ4n) is 2.53. The van der Waals surface area contributed by atoms with Crippen molar-refractivity contribution in [2.24, 2.45) is 5.73 Å². The van der Waals surface area contributed by atoms with Gasteiger partial charge in [-0.15, -0.1) is 0 Å². The van der Waals surface area contributed by atoms with Gasteiger partial charge in [0.2, 0.25) is 5.91 Å². The van der Waals surface area contributed by atoms with Crippen LogP contribution in [-0.4, -0.2) is 10.5 Å². The van der Waals surface area contributed by atoms with Crippen molar-refractivity contribution in [1.82, 2.24) is 4.57 Å². The number of nitrogens with zero attached hydrogens (tertiary/aromatic N) is 1. The zero-order valence-electron chi connectivity index (χ0n) is 11.6. The van der Waals surface area contributed by atoms with E-state index in [2.05, 4.69) is 0 Å². The van der Waals surface area contributed by atoms with E-state index in [-0.39, 0.29) is 5.82 Å². The number of primary amides is 1. The van der Waals surface area contributed by atoms with E-state index >= 15 is 0 Å². The number of carbonyl (C=O) groups excluding carboxylic acids is 1. The highest BCUT2D eigenvalue weighted by Gasteiger charge is 2.08. The largest absolute Gasteiger partial charge is 0.366 e. The van der Waals surface area contributed by atoms with E-state index in [1.807, 2.05) is 29.8 Å². The van der Waals surface area contributed by atoms with Crippen LogP contribution in [0.2, 0.25) is 0 Å². The Morgan fingerprint density at radius 1 is 1.24 bits per heavy atom. The molecule has 0 saturated heterocycles. The highest BCUT2D eigenvalue weighted by Crippen LogP contribution is 2.21. The summed E-state index contributed by atoms with van der Waals surface area (Å²) in [5, 5.41) is 0.615. The van der Waals surface area contributed by atoms with E-state index < -0.39 is 5.91 Å². The first-order chi connectivity index (χ1) is 10.1. The first-order valence-electron chi connectivity index (χ1n) is 6.69. The van der Waals surface area contributed by atoms with E-state index in [9.17, 15) is 9.18 Å². The zero-order chi connectivity index (χ0) is 15.0. The Balaban J connectivity index is 1.99. The van der Waals surface area contributed by atoms with Crippen LogP contribution in [-0.2, 0) is 6.54 Å². The molecule has 0 fully saturated rings. The van der Waals surface area contributed by atoms with Gasteiger partial charge in [0.1, 0.15) is 5.82 Å². The third kappa shape index (κ3) is 2.40. The quantitative estimate of drug-likeness (QED) is 0.787. The Kier molecular flexibility index (Phi) is 3.22. The standard InChI is InChI=1S/C17H15FN2O/c1-11-9-12(17(19)21)5-6-13(11)10-20-8-7-14-15(18)3-2-4-16(14)20/h2-9H,10H2,1H3,(H2,19,21). The topological polar surface area (TPSA) is 48.0 Å². The van der Waals surface area contributed by atoms with Gasteiger partial charge in [-0.05, 0) is 48.4 Å². The fourth-order valence-corrected chi connectivity index (χ4v) is 2.53. The van der Waals surface area contributed by atoms with Gasteiger partial charge in [-0.1, -0.05) is 12.1 Å². The molecule has 3 aromatic rings. The normalized spacial score (nSPS) is 11.0. The smallest absolute Gasteiger partial charge is 0.248 e. The van der Waals surface area contributed by atoms with Gasteiger partial charge in [-0.2, -0.15) is 0 Å². The summed E-state index contributed by atoms with van der Waals surface area (Å²) in [5.74, 6) is -0.648. The van der Waals surface area contributed by atoms with Crippen LogP contribution in [0.15, 0.2) is 48.7 Å². The van der Waals surface area contributed by atoms with Crippen molar-refractivity contribution in [3.05, 3.63) is 71.2 Å². The molecule has 0 saturated carbocycles. The monoisotopic (exact) mass is 282 g/mol. The number of aryl methyl sites for hydroxylation is 1. The van der Waals surface area contributed by atoms with E-state index in [0.29, 0.717) is 17.5 Å². The number of hydrogen-bond donors (Lipinski definition) is 1.